The van der Waals surface area contributed by atoms with Crippen LogP contribution in [0.15, 0.2) is 61.2 Å². The Morgan fingerprint density at radius 1 is 1.12 bits per heavy atom. The Bertz CT molecular complexity index is 992. The van der Waals surface area contributed by atoms with Crippen molar-refractivity contribution in [2.45, 2.75) is 13.0 Å². The second-order valence-corrected chi connectivity index (χ2v) is 7.61. The molecule has 2 aromatic rings. The number of amides is 1. The van der Waals surface area contributed by atoms with Crippen LogP contribution in [0.1, 0.15) is 23.1 Å². The molecule has 0 spiro atoms. The van der Waals surface area contributed by atoms with E-state index in [1.54, 1.807) is 19.3 Å². The summed E-state index contributed by atoms with van der Waals surface area (Å²) in [6.45, 7) is 8.07. The van der Waals surface area contributed by atoms with Crippen LogP contribution in [-0.2, 0) is 11.3 Å². The zero-order valence-electron chi connectivity index (χ0n) is 18.5. The van der Waals surface area contributed by atoms with E-state index in [1.807, 2.05) is 53.4 Å². The highest BCUT2D eigenvalue weighted by Gasteiger charge is 2.17. The Balaban J connectivity index is 1.55. The van der Waals surface area contributed by atoms with Gasteiger partial charge in [0.1, 0.15) is 6.61 Å². The minimum Gasteiger partial charge on any atom is -0.493 e. The fourth-order valence-electron chi connectivity index (χ4n) is 3.62. The molecule has 0 atom stereocenters. The molecule has 0 N–H and O–H groups in total. The number of rotatable bonds is 8. The van der Waals surface area contributed by atoms with Gasteiger partial charge < -0.3 is 14.4 Å². The van der Waals surface area contributed by atoms with Crippen LogP contribution < -0.4 is 9.47 Å². The van der Waals surface area contributed by atoms with Gasteiger partial charge in [-0.1, -0.05) is 30.9 Å². The zero-order valence-corrected chi connectivity index (χ0v) is 18.5. The molecular formula is C26H29N3O3. The Hall–Kier alpha value is -3.56. The maximum atomic E-state index is 12.7. The van der Waals surface area contributed by atoms with E-state index in [9.17, 15) is 4.79 Å². The lowest BCUT2D eigenvalue weighted by Gasteiger charge is -2.21. The summed E-state index contributed by atoms with van der Waals surface area (Å²) in [4.78, 5) is 17.0. The lowest BCUT2D eigenvalue weighted by atomic mass is 10.1. The van der Waals surface area contributed by atoms with E-state index in [-0.39, 0.29) is 5.91 Å². The van der Waals surface area contributed by atoms with Gasteiger partial charge in [0.15, 0.2) is 11.5 Å². The van der Waals surface area contributed by atoms with Crippen LogP contribution in [0.25, 0.3) is 6.08 Å². The Labute approximate surface area is 190 Å². The van der Waals surface area contributed by atoms with Crippen LogP contribution in [0.3, 0.4) is 0 Å². The van der Waals surface area contributed by atoms with Crippen molar-refractivity contribution in [2.24, 2.45) is 0 Å². The largest absolute Gasteiger partial charge is 0.493 e. The number of methoxy groups -OCH3 is 1. The third-order valence-corrected chi connectivity index (χ3v) is 5.35. The molecule has 32 heavy (non-hydrogen) atoms. The molecule has 1 saturated heterocycles. The first-order valence-electron chi connectivity index (χ1n) is 10.7. The van der Waals surface area contributed by atoms with Gasteiger partial charge in [0.2, 0.25) is 5.91 Å². The quantitative estimate of drug-likeness (QED) is 0.469. The second kappa shape index (κ2) is 11.7. The van der Waals surface area contributed by atoms with Crippen LogP contribution >= 0.6 is 0 Å². The Kier molecular flexibility index (Phi) is 8.47. The summed E-state index contributed by atoms with van der Waals surface area (Å²) >= 11 is 0. The predicted molar refractivity (Wildman–Crippen MR) is 125 cm³/mol. The minimum atomic E-state index is 0.0103. The molecule has 1 fully saturated rings. The molecule has 0 unspecified atom stereocenters. The molecule has 1 aliphatic heterocycles. The average Bonchev–Trinajstić information content (AvgIpc) is 3.07. The van der Waals surface area contributed by atoms with Gasteiger partial charge in [-0.3, -0.25) is 9.69 Å². The molecular weight excluding hydrogens is 402 g/mol. The molecule has 3 rings (SSSR count). The van der Waals surface area contributed by atoms with E-state index in [2.05, 4.69) is 17.5 Å². The first kappa shape index (κ1) is 23.1. The fraction of sp³-hybridized carbons (Fsp3) is 0.308. The van der Waals surface area contributed by atoms with Gasteiger partial charge in [-0.15, -0.1) is 0 Å². The van der Waals surface area contributed by atoms with Gasteiger partial charge in [0.25, 0.3) is 0 Å². The third kappa shape index (κ3) is 6.47. The summed E-state index contributed by atoms with van der Waals surface area (Å²) in [5, 5.41) is 8.94. The van der Waals surface area contributed by atoms with Crippen LogP contribution in [0.2, 0.25) is 0 Å². The molecule has 166 valence electrons. The first-order valence-corrected chi connectivity index (χ1v) is 10.7. The number of benzene rings is 2. The molecule has 6 heteroatoms. The monoisotopic (exact) mass is 431 g/mol. The number of nitrogens with zero attached hydrogens (tertiary/aromatic N) is 3. The normalized spacial score (nSPS) is 14.6. The molecule has 1 aliphatic rings. The molecule has 1 heterocycles. The fourth-order valence-corrected chi connectivity index (χ4v) is 3.62. The van der Waals surface area contributed by atoms with Crippen molar-refractivity contribution in [1.82, 2.24) is 9.80 Å². The van der Waals surface area contributed by atoms with E-state index in [1.165, 1.54) is 5.56 Å². The summed E-state index contributed by atoms with van der Waals surface area (Å²) in [7, 11) is 1.59. The van der Waals surface area contributed by atoms with Crippen molar-refractivity contribution in [1.29, 1.82) is 5.26 Å². The number of carbonyl (C=O) groups is 1. The molecule has 1 amide bonds. The summed E-state index contributed by atoms with van der Waals surface area (Å²) in [6.07, 6.45) is 6.04. The van der Waals surface area contributed by atoms with Crippen molar-refractivity contribution >= 4 is 12.0 Å². The van der Waals surface area contributed by atoms with Gasteiger partial charge in [0, 0.05) is 38.8 Å². The maximum absolute atomic E-state index is 12.7. The van der Waals surface area contributed by atoms with Crippen molar-refractivity contribution in [2.75, 3.05) is 39.9 Å². The van der Waals surface area contributed by atoms with Crippen LogP contribution in [0.4, 0.5) is 0 Å². The molecule has 0 radical (unpaired) electrons. The van der Waals surface area contributed by atoms with E-state index < -0.39 is 0 Å². The Morgan fingerprint density at radius 3 is 2.66 bits per heavy atom. The highest BCUT2D eigenvalue weighted by atomic mass is 16.5. The van der Waals surface area contributed by atoms with E-state index in [4.69, 9.17) is 14.7 Å². The average molecular weight is 432 g/mol. The van der Waals surface area contributed by atoms with Gasteiger partial charge in [-0.2, -0.15) is 5.26 Å². The van der Waals surface area contributed by atoms with Crippen molar-refractivity contribution in [3.63, 3.8) is 0 Å². The predicted octanol–water partition coefficient (Wildman–Crippen LogP) is 3.88. The summed E-state index contributed by atoms with van der Waals surface area (Å²) in [5.41, 5.74) is 2.72. The number of hydrogen-bond donors (Lipinski definition) is 0. The maximum Gasteiger partial charge on any atom is 0.246 e. The summed E-state index contributed by atoms with van der Waals surface area (Å²) in [6, 6.07) is 15.4. The van der Waals surface area contributed by atoms with Crippen LogP contribution in [-0.4, -0.2) is 55.6 Å². The topological polar surface area (TPSA) is 65.8 Å². The lowest BCUT2D eigenvalue weighted by Crippen LogP contribution is -2.34. The van der Waals surface area contributed by atoms with E-state index in [0.29, 0.717) is 30.2 Å². The number of hydrogen-bond acceptors (Lipinski definition) is 5. The molecule has 0 aliphatic carbocycles. The van der Waals surface area contributed by atoms with Gasteiger partial charge in [0.05, 0.1) is 18.7 Å². The lowest BCUT2D eigenvalue weighted by molar-refractivity contribution is -0.125. The number of nitriles is 1. The molecule has 0 aromatic heterocycles. The van der Waals surface area contributed by atoms with Crippen molar-refractivity contribution < 1.29 is 14.3 Å². The second-order valence-electron chi connectivity index (χ2n) is 7.61. The van der Waals surface area contributed by atoms with Crippen molar-refractivity contribution in [3.05, 3.63) is 77.9 Å². The smallest absolute Gasteiger partial charge is 0.246 e. The number of ether oxygens (including phenoxy) is 2. The van der Waals surface area contributed by atoms with E-state index >= 15 is 0 Å². The van der Waals surface area contributed by atoms with Gasteiger partial charge in [-0.25, -0.2) is 0 Å². The molecule has 6 nitrogen and oxygen atoms in total. The van der Waals surface area contributed by atoms with Crippen LogP contribution in [0, 0.1) is 11.3 Å². The molecule has 0 saturated carbocycles. The summed E-state index contributed by atoms with van der Waals surface area (Å²) in [5.74, 6) is 1.27. The highest BCUT2D eigenvalue weighted by molar-refractivity contribution is 5.91. The van der Waals surface area contributed by atoms with Crippen LogP contribution in [0.5, 0.6) is 11.5 Å². The molecule has 0 bridgehead atoms. The van der Waals surface area contributed by atoms with E-state index in [0.717, 1.165) is 38.2 Å². The zero-order chi connectivity index (χ0) is 22.8. The minimum absolute atomic E-state index is 0.0103. The molecule has 2 aromatic carbocycles. The highest BCUT2D eigenvalue weighted by Crippen LogP contribution is 2.28. The number of carbonyl (C=O) groups excluding carboxylic acids is 1. The Morgan fingerprint density at radius 2 is 1.94 bits per heavy atom. The first-order chi connectivity index (χ1) is 15.6. The van der Waals surface area contributed by atoms with Gasteiger partial charge >= 0.3 is 0 Å². The third-order valence-electron chi connectivity index (χ3n) is 5.35. The standard InChI is InChI=1S/C26H29N3O3/c1-3-17-32-24-11-9-21(18-25(24)31-2)10-12-26(30)29-14-4-13-28(15-16-29)20-23-7-5-22(19-27)6-8-23/h3,5-12,18H,1,4,13-17,20H2,2H3/b12-10+. The SMILES string of the molecule is C=CCOc1ccc(/C=C/C(=O)N2CCCN(Cc3ccc(C#N)cc3)CC2)cc1OC. The summed E-state index contributed by atoms with van der Waals surface area (Å²) < 4.78 is 11.0. The van der Waals surface area contributed by atoms with Crippen molar-refractivity contribution in [3.8, 4) is 17.6 Å². The van der Waals surface area contributed by atoms with Gasteiger partial charge in [-0.05, 0) is 47.9 Å².